The predicted octanol–water partition coefficient (Wildman–Crippen LogP) is 1.52. The van der Waals surface area contributed by atoms with Crippen LogP contribution in [-0.2, 0) is 4.79 Å². The average molecular weight is 440 g/mol. The number of rotatable bonds is 6. The molecule has 0 heterocycles. The molecule has 2 aromatic carbocycles. The highest BCUT2D eigenvalue weighted by Gasteiger charge is 2.46. The molecule has 0 radical (unpaired) electrons. The number of aldehydes is 1. The number of hydrogen-bond acceptors (Lipinski definition) is 5. The second kappa shape index (κ2) is 10.8. The number of aliphatic hydroxyl groups is 1. The van der Waals surface area contributed by atoms with Gasteiger partial charge in [0.2, 0.25) is 0 Å². The molecule has 0 aliphatic heterocycles. The lowest BCUT2D eigenvalue weighted by atomic mass is 9.95. The lowest BCUT2D eigenvalue weighted by molar-refractivity contribution is -0.149. The van der Waals surface area contributed by atoms with E-state index >= 15 is 0 Å². The molecule has 32 heavy (non-hydrogen) atoms. The maximum atomic E-state index is 13.1. The molecule has 9 heteroatoms. The van der Waals surface area contributed by atoms with Gasteiger partial charge in [-0.05, 0) is 55.2 Å². The number of halogens is 2. The lowest BCUT2D eigenvalue weighted by Gasteiger charge is -2.30. The quantitative estimate of drug-likeness (QED) is 0.235. The third-order valence-corrected chi connectivity index (χ3v) is 4.34. The molecule has 2 atom stereocenters. The van der Waals surface area contributed by atoms with Crippen molar-refractivity contribution in [3.8, 4) is 23.7 Å². The van der Waals surface area contributed by atoms with Crippen LogP contribution >= 0.6 is 0 Å². The first-order chi connectivity index (χ1) is 15.2. The first-order valence-corrected chi connectivity index (χ1v) is 9.11. The molecule has 4 N–H and O–H groups in total. The van der Waals surface area contributed by atoms with Crippen LogP contribution in [0.3, 0.4) is 0 Å². The third-order valence-electron chi connectivity index (χ3n) is 4.34. The minimum absolute atomic E-state index is 0.0118. The van der Waals surface area contributed by atoms with Crippen LogP contribution in [0.15, 0.2) is 48.5 Å². The molecule has 0 saturated heterocycles. The molecule has 164 valence electrons. The second-order valence-corrected chi connectivity index (χ2v) is 6.73. The molecule has 0 saturated carbocycles. The number of amides is 2. The van der Waals surface area contributed by atoms with E-state index in [9.17, 15) is 28.3 Å². The minimum atomic E-state index is -3.37. The second-order valence-electron chi connectivity index (χ2n) is 6.73. The highest BCUT2D eigenvalue weighted by molar-refractivity contribution is 5.97. The number of carbonyl (C=O) groups excluding carboxylic acids is 3. The molecule has 7 nitrogen and oxygen atoms in total. The number of hydroxylamine groups is 1. The largest absolute Gasteiger partial charge is 0.381 e. The van der Waals surface area contributed by atoms with Crippen LogP contribution in [0.25, 0.3) is 0 Å². The van der Waals surface area contributed by atoms with Gasteiger partial charge in [-0.3, -0.25) is 19.6 Å². The number of carbonyl (C=O) groups is 3. The van der Waals surface area contributed by atoms with Gasteiger partial charge in [-0.2, -0.15) is 0 Å². The Morgan fingerprint density at radius 3 is 1.94 bits per heavy atom. The summed E-state index contributed by atoms with van der Waals surface area (Å²) in [5.74, 6) is 8.54. The number of hydrogen-bond donors (Lipinski definition) is 4. The molecular formula is C23H18F2N2O5. The van der Waals surface area contributed by atoms with Crippen molar-refractivity contribution in [1.29, 1.82) is 0 Å². The zero-order valence-electron chi connectivity index (χ0n) is 16.7. The Kier molecular flexibility index (Phi) is 8.19. The van der Waals surface area contributed by atoms with E-state index in [1.54, 1.807) is 24.3 Å². The normalized spacial score (nSPS) is 12.8. The summed E-state index contributed by atoms with van der Waals surface area (Å²) in [6.45, 7) is 0.661. The zero-order chi connectivity index (χ0) is 23.7. The van der Waals surface area contributed by atoms with Crippen molar-refractivity contribution in [2.24, 2.45) is 0 Å². The van der Waals surface area contributed by atoms with Crippen molar-refractivity contribution in [2.45, 2.75) is 25.0 Å². The Balaban J connectivity index is 2.09. The molecule has 2 amide bonds. The molecule has 0 aliphatic rings. The molecule has 2 aromatic rings. The topological polar surface area (TPSA) is 116 Å². The predicted molar refractivity (Wildman–Crippen MR) is 110 cm³/mol. The Labute approximate surface area is 182 Å². The summed E-state index contributed by atoms with van der Waals surface area (Å²) in [5, 5.41) is 20.5. The van der Waals surface area contributed by atoms with Gasteiger partial charge in [-0.1, -0.05) is 24.0 Å². The summed E-state index contributed by atoms with van der Waals surface area (Å²) < 4.78 is 26.1. The van der Waals surface area contributed by atoms with Crippen LogP contribution in [0.5, 0.6) is 0 Å². The van der Waals surface area contributed by atoms with Gasteiger partial charge in [0.05, 0.1) is 0 Å². The van der Waals surface area contributed by atoms with E-state index in [0.717, 1.165) is 11.8 Å². The maximum Gasteiger partial charge on any atom is 0.269 e. The van der Waals surface area contributed by atoms with E-state index in [1.165, 1.54) is 24.3 Å². The van der Waals surface area contributed by atoms with E-state index in [4.69, 9.17) is 5.21 Å². The van der Waals surface area contributed by atoms with Crippen molar-refractivity contribution in [3.63, 3.8) is 0 Å². The smallest absolute Gasteiger partial charge is 0.269 e. The van der Waals surface area contributed by atoms with Crippen molar-refractivity contribution in [2.75, 3.05) is 0 Å². The average Bonchev–Trinajstić information content (AvgIpc) is 2.80. The third kappa shape index (κ3) is 6.22. The fourth-order valence-electron chi connectivity index (χ4n) is 2.44. The lowest BCUT2D eigenvalue weighted by Crippen LogP contribution is -2.61. The fraction of sp³-hybridized carbons (Fsp3) is 0.174. The SMILES string of the molecule is CC(O)(C(F)F)C(NC(=O)c1ccc(C#CC#Cc2ccc(C=O)cc2)cc1)C(=O)NO. The molecule has 0 spiro atoms. The van der Waals surface area contributed by atoms with Gasteiger partial charge in [0.1, 0.15) is 12.3 Å². The number of benzene rings is 2. The molecular weight excluding hydrogens is 422 g/mol. The maximum absolute atomic E-state index is 13.1. The Bertz CT molecular complexity index is 1110. The highest BCUT2D eigenvalue weighted by atomic mass is 19.3. The van der Waals surface area contributed by atoms with E-state index < -0.39 is 29.9 Å². The Morgan fingerprint density at radius 2 is 1.50 bits per heavy atom. The fourth-order valence-corrected chi connectivity index (χ4v) is 2.44. The molecule has 2 unspecified atom stereocenters. The number of alkyl halides is 2. The van der Waals surface area contributed by atoms with E-state index in [2.05, 4.69) is 23.7 Å². The van der Waals surface area contributed by atoms with Crippen LogP contribution in [0.4, 0.5) is 8.78 Å². The van der Waals surface area contributed by atoms with Gasteiger partial charge in [0, 0.05) is 22.3 Å². The molecule has 0 fully saturated rings. The van der Waals surface area contributed by atoms with Crippen molar-refractivity contribution < 1.29 is 33.5 Å². The summed E-state index contributed by atoms with van der Waals surface area (Å²) in [5.41, 5.74) is -0.0367. The van der Waals surface area contributed by atoms with Crippen molar-refractivity contribution in [3.05, 3.63) is 70.8 Å². The van der Waals surface area contributed by atoms with Gasteiger partial charge in [-0.15, -0.1) is 0 Å². The summed E-state index contributed by atoms with van der Waals surface area (Å²) in [6, 6.07) is 10.2. The van der Waals surface area contributed by atoms with Crippen LogP contribution in [0.1, 0.15) is 38.8 Å². The van der Waals surface area contributed by atoms with E-state index in [1.807, 2.05) is 5.32 Å². The highest BCUT2D eigenvalue weighted by Crippen LogP contribution is 2.20. The summed E-state index contributed by atoms with van der Waals surface area (Å²) in [4.78, 5) is 34.6. The first kappa shape index (κ1) is 24.2. The molecule has 0 aliphatic carbocycles. The van der Waals surface area contributed by atoms with Gasteiger partial charge >= 0.3 is 0 Å². The summed E-state index contributed by atoms with van der Waals surface area (Å²) in [6.07, 6.45) is -2.64. The van der Waals surface area contributed by atoms with Crippen molar-refractivity contribution in [1.82, 2.24) is 10.8 Å². The summed E-state index contributed by atoms with van der Waals surface area (Å²) in [7, 11) is 0. The Morgan fingerprint density at radius 1 is 1.00 bits per heavy atom. The van der Waals surface area contributed by atoms with Gasteiger partial charge in [0.15, 0.2) is 5.60 Å². The molecule has 0 bridgehead atoms. The number of nitrogens with one attached hydrogen (secondary N) is 2. The minimum Gasteiger partial charge on any atom is -0.381 e. The van der Waals surface area contributed by atoms with Crippen LogP contribution < -0.4 is 10.8 Å². The van der Waals surface area contributed by atoms with Crippen LogP contribution in [-0.4, -0.2) is 46.5 Å². The van der Waals surface area contributed by atoms with Crippen LogP contribution in [0.2, 0.25) is 0 Å². The van der Waals surface area contributed by atoms with Crippen molar-refractivity contribution >= 4 is 18.1 Å². The van der Waals surface area contributed by atoms with Crippen LogP contribution in [0, 0.1) is 23.7 Å². The molecule has 2 rings (SSSR count). The first-order valence-electron chi connectivity index (χ1n) is 9.11. The van der Waals surface area contributed by atoms with Gasteiger partial charge < -0.3 is 10.4 Å². The van der Waals surface area contributed by atoms with Gasteiger partial charge in [0.25, 0.3) is 18.2 Å². The standard InChI is InChI=1S/C23H18F2N2O5/c1-23(31,22(24)25)19(21(30)27-32)26-20(29)18-12-10-16(11-13-18)5-3-2-4-15-6-8-17(14-28)9-7-15/h6-14,19,22,31-32H,1H3,(H,26,29)(H,27,30). The van der Waals surface area contributed by atoms with E-state index in [-0.39, 0.29) is 5.56 Å². The zero-order valence-corrected chi connectivity index (χ0v) is 16.7. The monoisotopic (exact) mass is 440 g/mol. The molecule has 0 aromatic heterocycles. The summed E-state index contributed by atoms with van der Waals surface area (Å²) >= 11 is 0. The Hall–Kier alpha value is -4.05. The van der Waals surface area contributed by atoms with Gasteiger partial charge in [-0.25, -0.2) is 14.3 Å². The van der Waals surface area contributed by atoms with E-state index in [0.29, 0.717) is 23.6 Å².